The molecule has 2 aromatic rings. The first-order chi connectivity index (χ1) is 12.9. The van der Waals surface area contributed by atoms with Crippen molar-refractivity contribution in [3.63, 3.8) is 0 Å². The number of hydrazine groups is 2. The van der Waals surface area contributed by atoms with Crippen LogP contribution in [0.5, 0.6) is 0 Å². The number of aromatic nitrogens is 1. The Morgan fingerprint density at radius 2 is 2.07 bits per heavy atom. The van der Waals surface area contributed by atoms with E-state index >= 15 is 0 Å². The van der Waals surface area contributed by atoms with E-state index in [1.54, 1.807) is 12.1 Å². The fraction of sp³-hybridized carbons (Fsp3) is 0.125. The standard InChI is InChI=1S/C16H18ClN7OS2/c1-9-14(27-16(19-9)24-21-10(2)25)13(22-23-15(26)20-18)8-5-11-3-6-12(17)7-4-11/h3-8H,18H2,1-2H3,(H,19,24)(H,21,25)(H2,20,23,26)/b8-5-,22-13+. The van der Waals surface area contributed by atoms with Gasteiger partial charge >= 0.3 is 0 Å². The lowest BCUT2D eigenvalue weighted by Crippen LogP contribution is -2.37. The van der Waals surface area contributed by atoms with Crippen LogP contribution in [0.25, 0.3) is 6.08 Å². The van der Waals surface area contributed by atoms with E-state index in [9.17, 15) is 4.79 Å². The number of benzene rings is 1. The predicted molar refractivity (Wildman–Crippen MR) is 114 cm³/mol. The van der Waals surface area contributed by atoms with Gasteiger partial charge < -0.3 is 0 Å². The van der Waals surface area contributed by atoms with E-state index in [2.05, 4.69) is 31.8 Å². The number of rotatable bonds is 6. The molecule has 0 bridgehead atoms. The van der Waals surface area contributed by atoms with E-state index in [4.69, 9.17) is 29.7 Å². The van der Waals surface area contributed by atoms with Crippen LogP contribution in [0.3, 0.4) is 0 Å². The lowest BCUT2D eigenvalue weighted by molar-refractivity contribution is -0.118. The van der Waals surface area contributed by atoms with E-state index in [0.29, 0.717) is 15.9 Å². The number of carbonyl (C=O) groups excluding carboxylic acids is 1. The molecule has 8 nitrogen and oxygen atoms in total. The molecule has 6 N–H and O–H groups in total. The third kappa shape index (κ3) is 6.61. The summed E-state index contributed by atoms with van der Waals surface area (Å²) in [4.78, 5) is 16.2. The summed E-state index contributed by atoms with van der Waals surface area (Å²) >= 11 is 12.2. The first-order valence-corrected chi connectivity index (χ1v) is 9.27. The summed E-state index contributed by atoms with van der Waals surface area (Å²) in [6, 6.07) is 7.38. The Morgan fingerprint density at radius 3 is 2.70 bits per heavy atom. The molecule has 0 fully saturated rings. The van der Waals surface area contributed by atoms with E-state index in [-0.39, 0.29) is 11.0 Å². The van der Waals surface area contributed by atoms with Crippen molar-refractivity contribution in [1.29, 1.82) is 0 Å². The van der Waals surface area contributed by atoms with Crippen molar-refractivity contribution >= 4 is 63.1 Å². The summed E-state index contributed by atoms with van der Waals surface area (Å²) in [6.07, 6.45) is 3.70. The van der Waals surface area contributed by atoms with Gasteiger partial charge in [-0.3, -0.25) is 26.5 Å². The maximum atomic E-state index is 11.1. The van der Waals surface area contributed by atoms with Gasteiger partial charge in [-0.05, 0) is 42.9 Å². The van der Waals surface area contributed by atoms with Gasteiger partial charge in [0.15, 0.2) is 0 Å². The largest absolute Gasteiger partial charge is 0.300 e. The number of anilines is 1. The smallest absolute Gasteiger partial charge is 0.235 e. The SMILES string of the molecule is CC(=O)NNc1nc(C)c(C(/C=C\c2ccc(Cl)cc2)=N/NC(=S)NN)s1. The zero-order valence-corrected chi connectivity index (χ0v) is 16.9. The fourth-order valence-corrected chi connectivity index (χ4v) is 2.95. The molecule has 142 valence electrons. The number of thiocarbonyl (C=S) groups is 1. The van der Waals surface area contributed by atoms with Crippen LogP contribution in [0.15, 0.2) is 35.4 Å². The molecular formula is C16H18ClN7OS2. The molecule has 0 unspecified atom stereocenters. The lowest BCUT2D eigenvalue weighted by atomic mass is 10.1. The highest BCUT2D eigenvalue weighted by molar-refractivity contribution is 7.80. The highest BCUT2D eigenvalue weighted by Crippen LogP contribution is 2.23. The van der Waals surface area contributed by atoms with Crippen molar-refractivity contribution < 1.29 is 4.79 Å². The molecule has 0 spiro atoms. The molecule has 1 heterocycles. The highest BCUT2D eigenvalue weighted by atomic mass is 35.5. The molecule has 0 aliphatic heterocycles. The second-order valence-electron chi connectivity index (χ2n) is 5.21. The molecule has 1 aromatic heterocycles. The van der Waals surface area contributed by atoms with Crippen molar-refractivity contribution in [1.82, 2.24) is 21.3 Å². The zero-order valence-electron chi connectivity index (χ0n) is 14.5. The maximum Gasteiger partial charge on any atom is 0.235 e. The molecule has 0 aliphatic carbocycles. The van der Waals surface area contributed by atoms with Crippen LogP contribution >= 0.6 is 35.2 Å². The van der Waals surface area contributed by atoms with Crippen molar-refractivity contribution in [3.05, 3.63) is 51.5 Å². The Hall–Kier alpha value is -2.53. The summed E-state index contributed by atoms with van der Waals surface area (Å²) in [5, 5.41) is 5.66. The van der Waals surface area contributed by atoms with Crippen LogP contribution in [0, 0.1) is 6.92 Å². The Bertz CT molecular complexity index is 877. The van der Waals surface area contributed by atoms with E-state index in [1.807, 2.05) is 31.2 Å². The normalized spacial score (nSPS) is 11.3. The monoisotopic (exact) mass is 423 g/mol. The number of hydrogen-bond donors (Lipinski definition) is 5. The molecule has 0 saturated heterocycles. The fourth-order valence-electron chi connectivity index (χ4n) is 1.89. The molecule has 0 radical (unpaired) electrons. The number of carbonyl (C=O) groups is 1. The minimum Gasteiger partial charge on any atom is -0.300 e. The molecule has 0 atom stereocenters. The summed E-state index contributed by atoms with van der Waals surface area (Å²) in [5.74, 6) is 5.04. The predicted octanol–water partition coefficient (Wildman–Crippen LogP) is 2.32. The van der Waals surface area contributed by atoms with Crippen molar-refractivity contribution in [2.24, 2.45) is 10.9 Å². The van der Waals surface area contributed by atoms with Crippen LogP contribution in [0.2, 0.25) is 5.02 Å². The van der Waals surface area contributed by atoms with Crippen LogP contribution in [0.4, 0.5) is 5.13 Å². The number of hydrogen-bond acceptors (Lipinski definition) is 7. The van der Waals surface area contributed by atoms with Gasteiger partial charge in [-0.15, -0.1) is 0 Å². The summed E-state index contributed by atoms with van der Waals surface area (Å²) in [6.45, 7) is 3.25. The van der Waals surface area contributed by atoms with E-state index in [1.165, 1.54) is 18.3 Å². The first kappa shape index (κ1) is 20.8. The van der Waals surface area contributed by atoms with Crippen LogP contribution in [-0.2, 0) is 4.79 Å². The average Bonchev–Trinajstić information content (AvgIpc) is 3.01. The topological polar surface area (TPSA) is 116 Å². The number of nitrogens with one attached hydrogen (secondary N) is 4. The zero-order chi connectivity index (χ0) is 19.8. The number of halogens is 1. The van der Waals surface area contributed by atoms with Gasteiger partial charge in [-0.1, -0.05) is 41.1 Å². The van der Waals surface area contributed by atoms with E-state index in [0.717, 1.165) is 16.1 Å². The molecule has 2 rings (SSSR count). The summed E-state index contributed by atoms with van der Waals surface area (Å²) in [5.41, 5.74) is 12.5. The molecular weight excluding hydrogens is 406 g/mol. The Balaban J connectivity index is 2.30. The molecule has 0 aliphatic rings. The lowest BCUT2D eigenvalue weighted by Gasteiger charge is -2.04. The summed E-state index contributed by atoms with van der Waals surface area (Å²) in [7, 11) is 0. The van der Waals surface area contributed by atoms with Gasteiger partial charge in [-0.25, -0.2) is 10.8 Å². The minimum absolute atomic E-state index is 0.172. The van der Waals surface area contributed by atoms with Gasteiger partial charge in [0.2, 0.25) is 16.2 Å². The van der Waals surface area contributed by atoms with Crippen molar-refractivity contribution in [2.75, 3.05) is 5.43 Å². The highest BCUT2D eigenvalue weighted by Gasteiger charge is 2.12. The van der Waals surface area contributed by atoms with Gasteiger partial charge in [0, 0.05) is 11.9 Å². The van der Waals surface area contributed by atoms with Gasteiger partial charge in [-0.2, -0.15) is 5.10 Å². The Labute approximate surface area is 170 Å². The average molecular weight is 424 g/mol. The number of aryl methyl sites for hydroxylation is 1. The number of nitrogens with zero attached hydrogens (tertiary/aromatic N) is 2. The van der Waals surface area contributed by atoms with Crippen LogP contribution in [0.1, 0.15) is 23.1 Å². The quantitative estimate of drug-likeness (QED) is 0.209. The van der Waals surface area contributed by atoms with Gasteiger partial charge in [0.1, 0.15) is 5.71 Å². The van der Waals surface area contributed by atoms with Crippen LogP contribution in [-0.4, -0.2) is 21.7 Å². The van der Waals surface area contributed by atoms with E-state index < -0.39 is 0 Å². The molecule has 1 amide bonds. The third-order valence-corrected chi connectivity index (χ3v) is 4.64. The third-order valence-electron chi connectivity index (χ3n) is 3.09. The summed E-state index contributed by atoms with van der Waals surface area (Å²) < 4.78 is 0. The second-order valence-corrected chi connectivity index (χ2v) is 7.05. The molecule has 27 heavy (non-hydrogen) atoms. The van der Waals surface area contributed by atoms with Gasteiger partial charge in [0.05, 0.1) is 10.6 Å². The molecule has 11 heteroatoms. The second kappa shape index (κ2) is 9.97. The van der Waals surface area contributed by atoms with Crippen molar-refractivity contribution in [3.8, 4) is 0 Å². The maximum absolute atomic E-state index is 11.1. The van der Waals surface area contributed by atoms with Crippen LogP contribution < -0.4 is 27.5 Å². The first-order valence-electron chi connectivity index (χ1n) is 7.67. The van der Waals surface area contributed by atoms with Crippen molar-refractivity contribution in [2.45, 2.75) is 13.8 Å². The molecule has 0 saturated carbocycles. The number of hydrazone groups is 1. The Morgan fingerprint density at radius 1 is 1.37 bits per heavy atom. The number of allylic oxidation sites excluding steroid dienone is 1. The minimum atomic E-state index is -0.220. The van der Waals surface area contributed by atoms with Gasteiger partial charge in [0.25, 0.3) is 0 Å². The molecule has 1 aromatic carbocycles. The number of amides is 1. The number of nitrogens with two attached hydrogens (primary N) is 1. The Kier molecular flexibility index (Phi) is 7.67. The number of thiazole rings is 1.